The lowest BCUT2D eigenvalue weighted by molar-refractivity contribution is 0.703. The summed E-state index contributed by atoms with van der Waals surface area (Å²) in [7, 11) is 0. The molecule has 1 rings (SSSR count). The molecule has 0 radical (unpaired) electrons. The van der Waals surface area contributed by atoms with Crippen LogP contribution in [-0.4, -0.2) is 0 Å². The molecule has 0 N–H and O–H groups in total. The second-order valence-corrected chi connectivity index (χ2v) is 3.18. The van der Waals surface area contributed by atoms with Crippen molar-refractivity contribution < 1.29 is 0 Å². The van der Waals surface area contributed by atoms with E-state index in [0.717, 1.165) is 12.8 Å². The third-order valence-electron chi connectivity index (χ3n) is 2.18. The SMILES string of the molecule is C#C[C@H](CCCC#N)c1ccccc1. The number of unbranched alkanes of at least 4 members (excludes halogenated alkanes) is 1. The van der Waals surface area contributed by atoms with E-state index in [0.29, 0.717) is 6.42 Å². The number of nitrogens with zero attached hydrogens (tertiary/aromatic N) is 1. The normalized spacial score (nSPS) is 11.3. The Labute approximate surface area is 85.4 Å². The Morgan fingerprint density at radius 3 is 2.57 bits per heavy atom. The van der Waals surface area contributed by atoms with E-state index < -0.39 is 0 Å². The Morgan fingerprint density at radius 2 is 2.00 bits per heavy atom. The van der Waals surface area contributed by atoms with Crippen LogP contribution >= 0.6 is 0 Å². The van der Waals surface area contributed by atoms with Crippen molar-refractivity contribution in [1.29, 1.82) is 5.26 Å². The third kappa shape index (κ3) is 2.96. The van der Waals surface area contributed by atoms with Crippen LogP contribution in [0.25, 0.3) is 0 Å². The zero-order chi connectivity index (χ0) is 10.2. The van der Waals surface area contributed by atoms with Gasteiger partial charge in [-0.15, -0.1) is 6.42 Å². The van der Waals surface area contributed by atoms with Crippen molar-refractivity contribution in [3.8, 4) is 18.4 Å². The molecule has 0 aliphatic heterocycles. The van der Waals surface area contributed by atoms with Crippen LogP contribution in [0.1, 0.15) is 30.7 Å². The fourth-order valence-electron chi connectivity index (χ4n) is 1.42. The third-order valence-corrected chi connectivity index (χ3v) is 2.18. The molecular formula is C13H13N. The van der Waals surface area contributed by atoms with Crippen LogP contribution in [0.5, 0.6) is 0 Å². The standard InChI is InChI=1S/C13H13N/c1-2-12(8-6-7-11-14)13-9-4-3-5-10-13/h1,3-5,9-10,12H,6-8H2/t12-/m1/s1. The summed E-state index contributed by atoms with van der Waals surface area (Å²) < 4.78 is 0. The molecule has 0 bridgehead atoms. The molecule has 0 aliphatic rings. The summed E-state index contributed by atoms with van der Waals surface area (Å²) >= 11 is 0. The van der Waals surface area contributed by atoms with Gasteiger partial charge in [0.25, 0.3) is 0 Å². The molecule has 0 unspecified atom stereocenters. The Balaban J connectivity index is 2.57. The molecule has 1 atom stereocenters. The highest BCUT2D eigenvalue weighted by atomic mass is 14.2. The summed E-state index contributed by atoms with van der Waals surface area (Å²) in [5, 5.41) is 8.42. The second kappa shape index (κ2) is 5.84. The lowest BCUT2D eigenvalue weighted by Gasteiger charge is -2.09. The molecule has 1 heteroatoms. The van der Waals surface area contributed by atoms with Gasteiger partial charge >= 0.3 is 0 Å². The molecule has 0 spiro atoms. The zero-order valence-electron chi connectivity index (χ0n) is 8.11. The maximum absolute atomic E-state index is 8.42. The average molecular weight is 183 g/mol. The molecule has 0 aromatic heterocycles. The Hall–Kier alpha value is -1.73. The van der Waals surface area contributed by atoms with Gasteiger partial charge in [-0.1, -0.05) is 36.3 Å². The van der Waals surface area contributed by atoms with E-state index in [-0.39, 0.29) is 5.92 Å². The Bertz CT molecular complexity index is 340. The average Bonchev–Trinajstić information content (AvgIpc) is 2.26. The molecular weight excluding hydrogens is 170 g/mol. The zero-order valence-corrected chi connectivity index (χ0v) is 8.11. The van der Waals surface area contributed by atoms with Crippen LogP contribution in [0.3, 0.4) is 0 Å². The van der Waals surface area contributed by atoms with Gasteiger partial charge in [-0.2, -0.15) is 5.26 Å². The number of nitriles is 1. The molecule has 1 aromatic rings. The molecule has 0 aliphatic carbocycles. The first-order valence-corrected chi connectivity index (χ1v) is 4.76. The molecule has 0 saturated heterocycles. The molecule has 14 heavy (non-hydrogen) atoms. The van der Waals surface area contributed by atoms with Gasteiger partial charge in [0.15, 0.2) is 0 Å². The van der Waals surface area contributed by atoms with E-state index in [9.17, 15) is 0 Å². The summed E-state index contributed by atoms with van der Waals surface area (Å²) in [6.45, 7) is 0. The van der Waals surface area contributed by atoms with Crippen molar-refractivity contribution in [2.75, 3.05) is 0 Å². The van der Waals surface area contributed by atoms with E-state index in [1.807, 2.05) is 30.3 Å². The largest absolute Gasteiger partial charge is 0.198 e. The van der Waals surface area contributed by atoms with Crippen molar-refractivity contribution >= 4 is 0 Å². The van der Waals surface area contributed by atoms with Crippen LogP contribution in [-0.2, 0) is 0 Å². The number of rotatable bonds is 4. The summed E-state index contributed by atoms with van der Waals surface area (Å²) in [6, 6.07) is 12.2. The van der Waals surface area contributed by atoms with Crippen LogP contribution < -0.4 is 0 Å². The minimum atomic E-state index is 0.157. The van der Waals surface area contributed by atoms with E-state index >= 15 is 0 Å². The summed E-state index contributed by atoms with van der Waals surface area (Å²) in [4.78, 5) is 0. The van der Waals surface area contributed by atoms with Crippen LogP contribution in [0.15, 0.2) is 30.3 Å². The van der Waals surface area contributed by atoms with Crippen LogP contribution in [0.2, 0.25) is 0 Å². The topological polar surface area (TPSA) is 23.8 Å². The molecule has 0 amide bonds. The van der Waals surface area contributed by atoms with Gasteiger partial charge < -0.3 is 0 Å². The van der Waals surface area contributed by atoms with E-state index in [2.05, 4.69) is 12.0 Å². The molecule has 0 saturated carbocycles. The van der Waals surface area contributed by atoms with Crippen molar-refractivity contribution in [2.24, 2.45) is 0 Å². The summed E-state index contributed by atoms with van der Waals surface area (Å²) in [5.74, 6) is 2.92. The van der Waals surface area contributed by atoms with Crippen LogP contribution in [0.4, 0.5) is 0 Å². The van der Waals surface area contributed by atoms with Gasteiger partial charge in [-0.3, -0.25) is 0 Å². The summed E-state index contributed by atoms with van der Waals surface area (Å²) in [6.07, 6.45) is 7.81. The minimum Gasteiger partial charge on any atom is -0.198 e. The highest BCUT2D eigenvalue weighted by molar-refractivity contribution is 5.26. The number of hydrogen-bond acceptors (Lipinski definition) is 1. The first-order valence-electron chi connectivity index (χ1n) is 4.76. The maximum atomic E-state index is 8.42. The predicted octanol–water partition coefficient (Wildman–Crippen LogP) is 3.10. The lowest BCUT2D eigenvalue weighted by Crippen LogP contribution is -1.94. The molecule has 0 fully saturated rings. The monoisotopic (exact) mass is 183 g/mol. The first kappa shape index (κ1) is 10.4. The van der Waals surface area contributed by atoms with Gasteiger partial charge in [-0.25, -0.2) is 0 Å². The molecule has 70 valence electrons. The van der Waals surface area contributed by atoms with Crippen molar-refractivity contribution in [1.82, 2.24) is 0 Å². The smallest absolute Gasteiger partial charge is 0.0621 e. The van der Waals surface area contributed by atoms with E-state index in [1.165, 1.54) is 5.56 Å². The highest BCUT2D eigenvalue weighted by Gasteiger charge is 2.06. The second-order valence-electron chi connectivity index (χ2n) is 3.18. The minimum absolute atomic E-state index is 0.157. The fraction of sp³-hybridized carbons (Fsp3) is 0.308. The van der Waals surface area contributed by atoms with Crippen LogP contribution in [0, 0.1) is 23.7 Å². The first-order chi connectivity index (χ1) is 6.88. The van der Waals surface area contributed by atoms with Gasteiger partial charge in [0.2, 0.25) is 0 Å². The van der Waals surface area contributed by atoms with Crippen molar-refractivity contribution in [3.05, 3.63) is 35.9 Å². The number of terminal acetylenes is 1. The van der Waals surface area contributed by atoms with E-state index in [4.69, 9.17) is 11.7 Å². The molecule has 1 nitrogen and oxygen atoms in total. The van der Waals surface area contributed by atoms with Gasteiger partial charge in [0, 0.05) is 12.3 Å². The van der Waals surface area contributed by atoms with Crippen molar-refractivity contribution in [3.63, 3.8) is 0 Å². The summed E-state index contributed by atoms with van der Waals surface area (Å²) in [5.41, 5.74) is 1.17. The highest BCUT2D eigenvalue weighted by Crippen LogP contribution is 2.20. The maximum Gasteiger partial charge on any atom is 0.0621 e. The van der Waals surface area contributed by atoms with E-state index in [1.54, 1.807) is 0 Å². The fourth-order valence-corrected chi connectivity index (χ4v) is 1.42. The Morgan fingerprint density at radius 1 is 1.29 bits per heavy atom. The molecule has 0 heterocycles. The quantitative estimate of drug-likeness (QED) is 0.519. The van der Waals surface area contributed by atoms with Gasteiger partial charge in [0.1, 0.15) is 0 Å². The number of hydrogen-bond donors (Lipinski definition) is 0. The van der Waals surface area contributed by atoms with Gasteiger partial charge in [-0.05, 0) is 18.4 Å². The lowest BCUT2D eigenvalue weighted by atomic mass is 9.94. The van der Waals surface area contributed by atoms with Gasteiger partial charge in [0.05, 0.1) is 6.07 Å². The predicted molar refractivity (Wildman–Crippen MR) is 57.5 cm³/mol. The Kier molecular flexibility index (Phi) is 4.32. The number of benzene rings is 1. The molecule has 1 aromatic carbocycles. The van der Waals surface area contributed by atoms with Crippen molar-refractivity contribution in [2.45, 2.75) is 25.2 Å².